The zero-order valence-corrected chi connectivity index (χ0v) is 17.5. The number of rotatable bonds is 7. The summed E-state index contributed by atoms with van der Waals surface area (Å²) in [5.74, 6) is -0.510. The number of carbonyl (C=O) groups is 1. The first-order valence-corrected chi connectivity index (χ1v) is 10.2. The minimum Gasteiger partial charge on any atom is -0.463 e. The van der Waals surface area contributed by atoms with Crippen molar-refractivity contribution in [3.63, 3.8) is 0 Å². The van der Waals surface area contributed by atoms with Gasteiger partial charge in [-0.05, 0) is 47.5 Å². The molecule has 3 aromatic carbocycles. The van der Waals surface area contributed by atoms with Crippen LogP contribution in [-0.4, -0.2) is 17.3 Å². The zero-order valence-electron chi connectivity index (χ0n) is 17.5. The molecule has 4 rings (SSSR count). The summed E-state index contributed by atoms with van der Waals surface area (Å²) in [5.41, 5.74) is 2.21. The van der Waals surface area contributed by atoms with Crippen LogP contribution in [0, 0.1) is 5.82 Å². The summed E-state index contributed by atoms with van der Waals surface area (Å²) >= 11 is 0. The van der Waals surface area contributed by atoms with E-state index in [0.717, 1.165) is 5.56 Å². The number of ether oxygens (including phenoxy) is 1. The number of alkyl halides is 1. The third-order valence-corrected chi connectivity index (χ3v) is 5.09. The number of pyridine rings is 1. The average Bonchev–Trinajstić information content (AvgIpc) is 2.84. The standard InChI is InChI=1S/C26H20F2N2O3/c27-17-33-22-12-10-21(11-13-22)30-16-24(19-6-8-20(28)9-7-19)23(14-25(30)31)26(32)29-15-18-4-2-1-3-5-18/h1-14,16H,15,17H2,(H,29,32). The number of amides is 1. The van der Waals surface area contributed by atoms with Crippen LogP contribution in [0.1, 0.15) is 15.9 Å². The molecule has 5 nitrogen and oxygen atoms in total. The van der Waals surface area contributed by atoms with Crippen LogP contribution in [-0.2, 0) is 6.54 Å². The van der Waals surface area contributed by atoms with E-state index in [2.05, 4.69) is 5.32 Å². The van der Waals surface area contributed by atoms with Gasteiger partial charge in [0.25, 0.3) is 11.5 Å². The molecule has 7 heteroatoms. The van der Waals surface area contributed by atoms with Crippen molar-refractivity contribution in [1.82, 2.24) is 9.88 Å². The van der Waals surface area contributed by atoms with Gasteiger partial charge in [-0.2, -0.15) is 0 Å². The van der Waals surface area contributed by atoms with Gasteiger partial charge >= 0.3 is 0 Å². The number of nitrogens with zero attached hydrogens (tertiary/aromatic N) is 1. The number of carbonyl (C=O) groups excluding carboxylic acids is 1. The number of hydrogen-bond acceptors (Lipinski definition) is 3. The Labute approximate surface area is 188 Å². The maximum absolute atomic E-state index is 13.5. The van der Waals surface area contributed by atoms with Gasteiger partial charge in [0.2, 0.25) is 6.86 Å². The molecular formula is C26H20F2N2O3. The third-order valence-electron chi connectivity index (χ3n) is 5.09. The van der Waals surface area contributed by atoms with Crippen LogP contribution in [0.25, 0.3) is 16.8 Å². The molecule has 0 bridgehead atoms. The quantitative estimate of drug-likeness (QED) is 0.440. The summed E-state index contributed by atoms with van der Waals surface area (Å²) in [7, 11) is 0. The largest absolute Gasteiger partial charge is 0.463 e. The van der Waals surface area contributed by atoms with Gasteiger partial charge in [0.1, 0.15) is 11.6 Å². The van der Waals surface area contributed by atoms with Gasteiger partial charge in [0, 0.05) is 30.1 Å². The SMILES string of the molecule is O=C(NCc1ccccc1)c1cc(=O)n(-c2ccc(OCF)cc2)cc1-c1ccc(F)cc1. The molecule has 1 amide bonds. The van der Waals surface area contributed by atoms with E-state index in [1.54, 1.807) is 36.4 Å². The molecule has 1 N–H and O–H groups in total. The van der Waals surface area contributed by atoms with Crippen LogP contribution >= 0.6 is 0 Å². The number of benzene rings is 3. The molecule has 0 aliphatic rings. The van der Waals surface area contributed by atoms with Gasteiger partial charge in [0.05, 0.1) is 5.56 Å². The fourth-order valence-electron chi connectivity index (χ4n) is 3.42. The molecule has 0 saturated carbocycles. The summed E-state index contributed by atoms with van der Waals surface area (Å²) in [5, 5.41) is 2.83. The zero-order chi connectivity index (χ0) is 23.2. The Hall–Kier alpha value is -4.26. The van der Waals surface area contributed by atoms with Crippen molar-refractivity contribution >= 4 is 5.91 Å². The summed E-state index contributed by atoms with van der Waals surface area (Å²) in [4.78, 5) is 25.9. The molecule has 0 spiro atoms. The highest BCUT2D eigenvalue weighted by Gasteiger charge is 2.17. The average molecular weight is 446 g/mol. The van der Waals surface area contributed by atoms with E-state index in [1.165, 1.54) is 29.0 Å². The van der Waals surface area contributed by atoms with Crippen molar-refractivity contribution in [2.75, 3.05) is 6.86 Å². The van der Waals surface area contributed by atoms with E-state index in [4.69, 9.17) is 4.74 Å². The van der Waals surface area contributed by atoms with E-state index in [-0.39, 0.29) is 5.56 Å². The van der Waals surface area contributed by atoms with E-state index in [0.29, 0.717) is 29.1 Å². The summed E-state index contributed by atoms with van der Waals surface area (Å²) in [6.45, 7) is -0.664. The normalized spacial score (nSPS) is 10.6. The van der Waals surface area contributed by atoms with Gasteiger partial charge in [0.15, 0.2) is 0 Å². The first-order chi connectivity index (χ1) is 16.0. The van der Waals surface area contributed by atoms with Gasteiger partial charge in [-0.15, -0.1) is 0 Å². The van der Waals surface area contributed by atoms with Crippen molar-refractivity contribution in [2.45, 2.75) is 6.54 Å². The Morgan fingerprint density at radius 3 is 2.30 bits per heavy atom. The summed E-state index contributed by atoms with van der Waals surface area (Å²) < 4.78 is 32.1. The van der Waals surface area contributed by atoms with Crippen molar-refractivity contribution in [3.05, 3.63) is 118 Å². The van der Waals surface area contributed by atoms with Crippen molar-refractivity contribution in [2.24, 2.45) is 0 Å². The second kappa shape index (κ2) is 9.91. The van der Waals surface area contributed by atoms with Crippen molar-refractivity contribution in [3.8, 4) is 22.6 Å². The first-order valence-electron chi connectivity index (χ1n) is 10.2. The fraction of sp³-hybridized carbons (Fsp3) is 0.0769. The minimum absolute atomic E-state index is 0.177. The highest BCUT2D eigenvalue weighted by atomic mass is 19.1. The molecule has 0 atom stereocenters. The predicted molar refractivity (Wildman–Crippen MR) is 122 cm³/mol. The monoisotopic (exact) mass is 446 g/mol. The lowest BCUT2D eigenvalue weighted by atomic mass is 10.0. The lowest BCUT2D eigenvalue weighted by molar-refractivity contribution is 0.0951. The number of nitrogens with one attached hydrogen (secondary N) is 1. The van der Waals surface area contributed by atoms with Gasteiger partial charge in [-0.1, -0.05) is 42.5 Å². The number of aromatic nitrogens is 1. The summed E-state index contributed by atoms with van der Waals surface area (Å²) in [6.07, 6.45) is 1.54. The van der Waals surface area contributed by atoms with Gasteiger partial charge in [-0.25, -0.2) is 8.78 Å². The fourth-order valence-corrected chi connectivity index (χ4v) is 3.42. The maximum Gasteiger partial charge on any atom is 0.255 e. The van der Waals surface area contributed by atoms with Crippen LogP contribution in [0.4, 0.5) is 8.78 Å². The molecule has 0 unspecified atom stereocenters. The topological polar surface area (TPSA) is 60.3 Å². The minimum atomic E-state index is -0.958. The lowest BCUT2D eigenvalue weighted by Gasteiger charge is -2.14. The van der Waals surface area contributed by atoms with Crippen LogP contribution in [0.3, 0.4) is 0 Å². The maximum atomic E-state index is 13.5. The van der Waals surface area contributed by atoms with Gasteiger partial charge < -0.3 is 10.1 Å². The third kappa shape index (κ3) is 5.15. The molecule has 0 fully saturated rings. The smallest absolute Gasteiger partial charge is 0.255 e. The molecule has 0 radical (unpaired) electrons. The molecule has 1 aromatic heterocycles. The number of halogens is 2. The van der Waals surface area contributed by atoms with Crippen molar-refractivity contribution < 1.29 is 18.3 Å². The molecule has 1 heterocycles. The van der Waals surface area contributed by atoms with E-state index < -0.39 is 24.1 Å². The molecule has 4 aromatic rings. The molecule has 0 saturated heterocycles. The predicted octanol–water partition coefficient (Wildman–Crippen LogP) is 4.88. The molecule has 0 aliphatic heterocycles. The second-order valence-corrected chi connectivity index (χ2v) is 7.23. The lowest BCUT2D eigenvalue weighted by Crippen LogP contribution is -2.27. The Balaban J connectivity index is 1.74. The Kier molecular flexibility index (Phi) is 6.59. The molecule has 33 heavy (non-hydrogen) atoms. The highest BCUT2D eigenvalue weighted by molar-refractivity contribution is 6.00. The highest BCUT2D eigenvalue weighted by Crippen LogP contribution is 2.25. The van der Waals surface area contributed by atoms with Crippen LogP contribution < -0.4 is 15.6 Å². The first kappa shape index (κ1) is 22.0. The Morgan fingerprint density at radius 2 is 1.64 bits per heavy atom. The Bertz CT molecular complexity index is 1300. The van der Waals surface area contributed by atoms with E-state index in [1.807, 2.05) is 30.3 Å². The van der Waals surface area contributed by atoms with E-state index in [9.17, 15) is 18.4 Å². The molecule has 0 aliphatic carbocycles. The second-order valence-electron chi connectivity index (χ2n) is 7.23. The number of hydrogen-bond donors (Lipinski definition) is 1. The van der Waals surface area contributed by atoms with Gasteiger partial charge in [-0.3, -0.25) is 14.2 Å². The summed E-state index contributed by atoms with van der Waals surface area (Å²) in [6, 6.07) is 22.6. The van der Waals surface area contributed by atoms with Crippen LogP contribution in [0.15, 0.2) is 95.9 Å². The van der Waals surface area contributed by atoms with Crippen LogP contribution in [0.2, 0.25) is 0 Å². The molecular weight excluding hydrogens is 426 g/mol. The van der Waals surface area contributed by atoms with E-state index >= 15 is 0 Å². The Morgan fingerprint density at radius 1 is 0.939 bits per heavy atom. The van der Waals surface area contributed by atoms with Crippen molar-refractivity contribution in [1.29, 1.82) is 0 Å². The van der Waals surface area contributed by atoms with Crippen LogP contribution in [0.5, 0.6) is 5.75 Å². The molecule has 166 valence electrons.